The first-order valence-electron chi connectivity index (χ1n) is 8.64. The van der Waals surface area contributed by atoms with Crippen molar-refractivity contribution < 1.29 is 9.53 Å². The molecule has 0 aromatic carbocycles. The summed E-state index contributed by atoms with van der Waals surface area (Å²) in [6.45, 7) is 6.17. The zero-order valence-electron chi connectivity index (χ0n) is 13.9. The molecular weight excluding hydrogens is 248 g/mol. The minimum atomic E-state index is -0.111. The molecule has 0 spiro atoms. The van der Waals surface area contributed by atoms with Crippen molar-refractivity contribution in [3.8, 4) is 0 Å². The molecule has 2 nitrogen and oxygen atoms in total. The van der Waals surface area contributed by atoms with E-state index in [-0.39, 0.29) is 5.97 Å². The van der Waals surface area contributed by atoms with Crippen molar-refractivity contribution in [3.63, 3.8) is 0 Å². The summed E-state index contributed by atoms with van der Waals surface area (Å²) in [7, 11) is 0. The maximum Gasteiger partial charge on any atom is 0.310 e. The summed E-state index contributed by atoms with van der Waals surface area (Å²) in [6, 6.07) is 0. The molecule has 0 bridgehead atoms. The molecule has 0 N–H and O–H groups in total. The summed E-state index contributed by atoms with van der Waals surface area (Å²) in [4.78, 5) is 11.3. The Kier molecular flexibility index (Phi) is 14.0. The minimum Gasteiger partial charge on any atom is -0.431 e. The number of allylic oxidation sites excluding steroid dienone is 2. The van der Waals surface area contributed by atoms with E-state index in [1.54, 1.807) is 0 Å². The Morgan fingerprint density at radius 1 is 0.850 bits per heavy atom. The lowest BCUT2D eigenvalue weighted by atomic mass is 10.1. The van der Waals surface area contributed by atoms with E-state index in [9.17, 15) is 4.79 Å². The highest BCUT2D eigenvalue weighted by atomic mass is 16.5. The van der Waals surface area contributed by atoms with Gasteiger partial charge in [0.25, 0.3) is 0 Å². The molecule has 0 heterocycles. The molecule has 0 amide bonds. The Morgan fingerprint density at radius 3 is 1.90 bits per heavy atom. The van der Waals surface area contributed by atoms with Crippen molar-refractivity contribution in [2.45, 2.75) is 97.8 Å². The number of carbonyl (C=O) groups excluding carboxylic acids is 1. The van der Waals surface area contributed by atoms with Gasteiger partial charge in [0.15, 0.2) is 0 Å². The fraction of sp³-hybridized carbons (Fsp3) is 0.833. The van der Waals surface area contributed by atoms with E-state index in [4.69, 9.17) is 4.74 Å². The van der Waals surface area contributed by atoms with Crippen LogP contribution >= 0.6 is 0 Å². The molecule has 0 unspecified atom stereocenters. The van der Waals surface area contributed by atoms with Crippen LogP contribution in [0.5, 0.6) is 0 Å². The number of esters is 1. The van der Waals surface area contributed by atoms with Crippen molar-refractivity contribution in [2.75, 3.05) is 0 Å². The van der Waals surface area contributed by atoms with Gasteiger partial charge in [-0.05, 0) is 18.9 Å². The Morgan fingerprint density at radius 2 is 1.40 bits per heavy atom. The van der Waals surface area contributed by atoms with E-state index >= 15 is 0 Å². The van der Waals surface area contributed by atoms with Crippen LogP contribution in [0.4, 0.5) is 0 Å². The van der Waals surface area contributed by atoms with Gasteiger partial charge in [-0.2, -0.15) is 0 Å². The molecule has 0 fully saturated rings. The zero-order chi connectivity index (χ0) is 15.1. The summed E-state index contributed by atoms with van der Waals surface area (Å²) in [5.74, 6) is 0.767. The molecule has 0 aliphatic rings. The predicted molar refractivity (Wildman–Crippen MR) is 86.6 cm³/mol. The van der Waals surface area contributed by atoms with Gasteiger partial charge < -0.3 is 4.74 Å². The number of ether oxygens (including phenoxy) is 1. The lowest BCUT2D eigenvalue weighted by Crippen LogP contribution is -2.02. The van der Waals surface area contributed by atoms with Crippen molar-refractivity contribution in [1.29, 1.82) is 0 Å². The third-order valence-electron chi connectivity index (χ3n) is 3.49. The molecule has 20 heavy (non-hydrogen) atoms. The molecule has 0 aliphatic carbocycles. The van der Waals surface area contributed by atoms with Gasteiger partial charge in [0.1, 0.15) is 5.76 Å². The van der Waals surface area contributed by atoms with Crippen LogP contribution in [0.3, 0.4) is 0 Å². The van der Waals surface area contributed by atoms with E-state index in [1.165, 1.54) is 51.4 Å². The van der Waals surface area contributed by atoms with Crippen molar-refractivity contribution >= 4 is 5.97 Å². The maximum absolute atomic E-state index is 11.3. The zero-order valence-corrected chi connectivity index (χ0v) is 13.9. The van der Waals surface area contributed by atoms with Gasteiger partial charge in [-0.25, -0.2) is 0 Å². The maximum atomic E-state index is 11.3. The van der Waals surface area contributed by atoms with Crippen LogP contribution in [-0.2, 0) is 9.53 Å². The highest BCUT2D eigenvalue weighted by Gasteiger charge is 2.04. The molecule has 0 radical (unpaired) electrons. The van der Waals surface area contributed by atoms with Crippen LogP contribution in [0.25, 0.3) is 0 Å². The van der Waals surface area contributed by atoms with Crippen LogP contribution in [0.2, 0.25) is 0 Å². The van der Waals surface area contributed by atoms with Gasteiger partial charge in [-0.15, -0.1) is 0 Å². The molecule has 0 aromatic rings. The fourth-order valence-electron chi connectivity index (χ4n) is 2.25. The lowest BCUT2D eigenvalue weighted by Gasteiger charge is -2.08. The van der Waals surface area contributed by atoms with E-state index in [2.05, 4.69) is 13.8 Å². The smallest absolute Gasteiger partial charge is 0.310 e. The monoisotopic (exact) mass is 282 g/mol. The number of unbranched alkanes of at least 4 members (excludes halogenated alkanes) is 8. The molecule has 0 saturated heterocycles. The van der Waals surface area contributed by atoms with E-state index in [0.29, 0.717) is 6.42 Å². The van der Waals surface area contributed by atoms with Gasteiger partial charge in [0, 0.05) is 12.8 Å². The summed E-state index contributed by atoms with van der Waals surface area (Å²) in [5.41, 5.74) is 0. The third-order valence-corrected chi connectivity index (χ3v) is 3.49. The second kappa shape index (κ2) is 14.6. The Labute approximate surface area is 126 Å². The number of rotatable bonds is 13. The standard InChI is InChI=1S/C18H34O2/c1-4-7-8-9-10-11-12-13-14-16-17(15-5-2)20-18(19)6-3/h15H,4-14,16H2,1-3H3. The first-order chi connectivity index (χ1) is 9.74. The van der Waals surface area contributed by atoms with E-state index in [0.717, 1.165) is 25.0 Å². The predicted octanol–water partition coefficient (Wildman–Crippen LogP) is 6.15. The van der Waals surface area contributed by atoms with Crippen molar-refractivity contribution in [1.82, 2.24) is 0 Å². The Bertz CT molecular complexity index is 256. The summed E-state index contributed by atoms with van der Waals surface area (Å²) >= 11 is 0. The average Bonchev–Trinajstić information content (AvgIpc) is 2.45. The number of hydrogen-bond acceptors (Lipinski definition) is 2. The highest BCUT2D eigenvalue weighted by Crippen LogP contribution is 2.15. The average molecular weight is 282 g/mol. The van der Waals surface area contributed by atoms with E-state index < -0.39 is 0 Å². The van der Waals surface area contributed by atoms with Crippen LogP contribution in [0.15, 0.2) is 11.8 Å². The Balaban J connectivity index is 3.54. The SMILES string of the molecule is CCC=C(CCCCCCCCCCC)OC(=O)CC. The number of carbonyl (C=O) groups is 1. The van der Waals surface area contributed by atoms with Crippen molar-refractivity contribution in [2.24, 2.45) is 0 Å². The van der Waals surface area contributed by atoms with Crippen LogP contribution < -0.4 is 0 Å². The molecule has 0 saturated carbocycles. The largest absolute Gasteiger partial charge is 0.431 e. The first-order valence-corrected chi connectivity index (χ1v) is 8.64. The van der Waals surface area contributed by atoms with Gasteiger partial charge in [-0.3, -0.25) is 4.79 Å². The van der Waals surface area contributed by atoms with Crippen LogP contribution in [0, 0.1) is 0 Å². The normalized spacial score (nSPS) is 11.7. The molecule has 118 valence electrons. The van der Waals surface area contributed by atoms with Gasteiger partial charge in [-0.1, -0.05) is 72.1 Å². The lowest BCUT2D eigenvalue weighted by molar-refractivity contribution is -0.139. The summed E-state index contributed by atoms with van der Waals surface area (Å²) in [5, 5.41) is 0. The Hall–Kier alpha value is -0.790. The number of hydrogen-bond donors (Lipinski definition) is 0. The molecule has 0 rings (SSSR count). The van der Waals surface area contributed by atoms with Crippen LogP contribution in [-0.4, -0.2) is 5.97 Å². The molecule has 0 aliphatic heterocycles. The summed E-state index contributed by atoms with van der Waals surface area (Å²) < 4.78 is 5.33. The second-order valence-electron chi connectivity index (χ2n) is 5.48. The van der Waals surface area contributed by atoms with E-state index in [1.807, 2.05) is 13.0 Å². The second-order valence-corrected chi connectivity index (χ2v) is 5.48. The quantitative estimate of drug-likeness (QED) is 0.230. The van der Waals surface area contributed by atoms with Gasteiger partial charge in [0.2, 0.25) is 0 Å². The fourth-order valence-corrected chi connectivity index (χ4v) is 2.25. The highest BCUT2D eigenvalue weighted by molar-refractivity contribution is 5.70. The molecular formula is C18H34O2. The van der Waals surface area contributed by atoms with Crippen molar-refractivity contribution in [3.05, 3.63) is 11.8 Å². The van der Waals surface area contributed by atoms with Gasteiger partial charge >= 0.3 is 5.97 Å². The first kappa shape index (κ1) is 19.2. The third kappa shape index (κ3) is 12.3. The van der Waals surface area contributed by atoms with Gasteiger partial charge in [0.05, 0.1) is 0 Å². The minimum absolute atomic E-state index is 0.111. The molecule has 2 heteroatoms. The molecule has 0 aromatic heterocycles. The molecule has 0 atom stereocenters. The topological polar surface area (TPSA) is 26.3 Å². The van der Waals surface area contributed by atoms with Crippen LogP contribution in [0.1, 0.15) is 97.8 Å². The summed E-state index contributed by atoms with van der Waals surface area (Å²) in [6.07, 6.45) is 16.3.